The predicted octanol–water partition coefficient (Wildman–Crippen LogP) is 4.14. The van der Waals surface area contributed by atoms with Crippen LogP contribution in [0.25, 0.3) is 0 Å². The smallest absolute Gasteiger partial charge is 0.0340 e. The van der Waals surface area contributed by atoms with E-state index in [0.717, 1.165) is 18.8 Å². The summed E-state index contributed by atoms with van der Waals surface area (Å²) in [6.45, 7) is 6.24. The summed E-state index contributed by atoms with van der Waals surface area (Å²) in [7, 11) is 1.95. The van der Waals surface area contributed by atoms with Crippen LogP contribution in [0.1, 0.15) is 36.5 Å². The van der Waals surface area contributed by atoms with Crippen molar-refractivity contribution in [3.05, 3.63) is 65.2 Å². The minimum absolute atomic E-state index is 0.598. The lowest BCUT2D eigenvalue weighted by atomic mass is 10.0. The molecule has 0 spiro atoms. The Morgan fingerprint density at radius 1 is 0.900 bits per heavy atom. The quantitative estimate of drug-likeness (QED) is 0.822. The van der Waals surface area contributed by atoms with Crippen molar-refractivity contribution in [2.75, 3.05) is 12.4 Å². The highest BCUT2D eigenvalue weighted by Gasteiger charge is 1.99. The van der Waals surface area contributed by atoms with Crippen LogP contribution in [0.2, 0.25) is 0 Å². The number of hydrogen-bond acceptors (Lipinski definition) is 2. The van der Waals surface area contributed by atoms with Gasteiger partial charge in [-0.25, -0.2) is 0 Å². The molecule has 0 saturated carbocycles. The zero-order valence-electron chi connectivity index (χ0n) is 12.6. The van der Waals surface area contributed by atoms with E-state index < -0.39 is 0 Å². The Morgan fingerprint density at radius 3 is 2.25 bits per heavy atom. The van der Waals surface area contributed by atoms with Gasteiger partial charge in [-0.05, 0) is 34.7 Å². The number of rotatable bonds is 6. The van der Waals surface area contributed by atoms with Crippen LogP contribution in [-0.2, 0) is 13.1 Å². The van der Waals surface area contributed by atoms with Gasteiger partial charge in [-0.3, -0.25) is 0 Å². The average molecular weight is 268 g/mol. The summed E-state index contributed by atoms with van der Waals surface area (Å²) in [4.78, 5) is 0. The summed E-state index contributed by atoms with van der Waals surface area (Å²) in [6.07, 6.45) is 0. The van der Waals surface area contributed by atoms with Crippen molar-refractivity contribution >= 4 is 5.69 Å². The maximum absolute atomic E-state index is 3.49. The first-order valence-electron chi connectivity index (χ1n) is 7.25. The van der Waals surface area contributed by atoms with Crippen LogP contribution in [0.15, 0.2) is 48.5 Å². The second-order valence-electron chi connectivity index (χ2n) is 5.45. The highest BCUT2D eigenvalue weighted by Crippen LogP contribution is 2.15. The van der Waals surface area contributed by atoms with Gasteiger partial charge in [-0.15, -0.1) is 0 Å². The fraction of sp³-hybridized carbons (Fsp3) is 0.333. The third kappa shape index (κ3) is 4.10. The fourth-order valence-corrected chi connectivity index (χ4v) is 2.21. The number of nitrogens with one attached hydrogen (secondary N) is 2. The second-order valence-corrected chi connectivity index (χ2v) is 5.45. The molecule has 0 aromatic heterocycles. The summed E-state index contributed by atoms with van der Waals surface area (Å²) < 4.78 is 0. The van der Waals surface area contributed by atoms with E-state index in [1.807, 2.05) is 7.05 Å². The van der Waals surface area contributed by atoms with Crippen LogP contribution in [0.3, 0.4) is 0 Å². The van der Waals surface area contributed by atoms with Crippen molar-refractivity contribution in [1.82, 2.24) is 5.32 Å². The molecular formula is C18H24N2. The molecule has 0 aliphatic carbocycles. The molecule has 0 fully saturated rings. The molecule has 106 valence electrons. The highest BCUT2D eigenvalue weighted by atomic mass is 14.9. The minimum Gasteiger partial charge on any atom is -0.388 e. The van der Waals surface area contributed by atoms with E-state index in [4.69, 9.17) is 0 Å². The molecule has 2 aromatic rings. The van der Waals surface area contributed by atoms with Gasteiger partial charge in [0.25, 0.3) is 0 Å². The van der Waals surface area contributed by atoms with Gasteiger partial charge < -0.3 is 10.6 Å². The van der Waals surface area contributed by atoms with Crippen LogP contribution in [0.5, 0.6) is 0 Å². The van der Waals surface area contributed by atoms with Gasteiger partial charge in [0.2, 0.25) is 0 Å². The molecule has 0 radical (unpaired) electrons. The van der Waals surface area contributed by atoms with Crippen LogP contribution in [0.4, 0.5) is 5.69 Å². The van der Waals surface area contributed by atoms with Crippen molar-refractivity contribution in [3.8, 4) is 0 Å². The molecule has 0 saturated heterocycles. The molecular weight excluding hydrogens is 244 g/mol. The van der Waals surface area contributed by atoms with E-state index in [2.05, 4.69) is 73.0 Å². The van der Waals surface area contributed by atoms with Gasteiger partial charge in [-0.1, -0.05) is 50.2 Å². The Morgan fingerprint density at radius 2 is 1.60 bits per heavy atom. The van der Waals surface area contributed by atoms with Gasteiger partial charge in [0.1, 0.15) is 0 Å². The molecule has 2 N–H and O–H groups in total. The molecule has 2 nitrogen and oxygen atoms in total. The normalized spacial score (nSPS) is 10.8. The summed E-state index contributed by atoms with van der Waals surface area (Å²) in [5.74, 6) is 0.598. The summed E-state index contributed by atoms with van der Waals surface area (Å²) in [6, 6.07) is 17.4. The van der Waals surface area contributed by atoms with Gasteiger partial charge in [-0.2, -0.15) is 0 Å². The van der Waals surface area contributed by atoms with Gasteiger partial charge in [0.05, 0.1) is 0 Å². The zero-order valence-corrected chi connectivity index (χ0v) is 12.6. The van der Waals surface area contributed by atoms with Crippen molar-refractivity contribution in [2.45, 2.75) is 32.9 Å². The molecule has 0 amide bonds. The molecule has 20 heavy (non-hydrogen) atoms. The van der Waals surface area contributed by atoms with Crippen LogP contribution >= 0.6 is 0 Å². The topological polar surface area (TPSA) is 24.1 Å². The third-order valence-electron chi connectivity index (χ3n) is 3.52. The number of benzene rings is 2. The monoisotopic (exact) mass is 268 g/mol. The average Bonchev–Trinajstić information content (AvgIpc) is 2.48. The summed E-state index contributed by atoms with van der Waals surface area (Å²) in [5.41, 5.74) is 5.19. The van der Waals surface area contributed by atoms with E-state index in [1.54, 1.807) is 0 Å². The molecule has 2 rings (SSSR count). The largest absolute Gasteiger partial charge is 0.388 e. The first kappa shape index (κ1) is 14.6. The first-order chi connectivity index (χ1) is 9.69. The first-order valence-corrected chi connectivity index (χ1v) is 7.25. The van der Waals surface area contributed by atoms with E-state index >= 15 is 0 Å². The fourth-order valence-electron chi connectivity index (χ4n) is 2.21. The van der Waals surface area contributed by atoms with E-state index in [9.17, 15) is 0 Å². The van der Waals surface area contributed by atoms with E-state index in [-0.39, 0.29) is 0 Å². The minimum atomic E-state index is 0.598. The lowest BCUT2D eigenvalue weighted by Gasteiger charge is -2.09. The zero-order chi connectivity index (χ0) is 14.4. The molecule has 0 heterocycles. The molecule has 2 aromatic carbocycles. The highest BCUT2D eigenvalue weighted by molar-refractivity contribution is 5.44. The Kier molecular flexibility index (Phi) is 5.19. The summed E-state index contributed by atoms with van der Waals surface area (Å²) in [5, 5.41) is 6.65. The number of hydrogen-bond donors (Lipinski definition) is 2. The van der Waals surface area contributed by atoms with E-state index in [1.165, 1.54) is 16.7 Å². The molecule has 0 bridgehead atoms. The lowest BCUT2D eigenvalue weighted by molar-refractivity contribution is 0.693. The van der Waals surface area contributed by atoms with Crippen molar-refractivity contribution in [3.63, 3.8) is 0 Å². The lowest BCUT2D eigenvalue weighted by Crippen LogP contribution is -2.12. The molecule has 0 unspecified atom stereocenters. The van der Waals surface area contributed by atoms with Gasteiger partial charge in [0.15, 0.2) is 0 Å². The molecule has 0 aliphatic rings. The van der Waals surface area contributed by atoms with Gasteiger partial charge >= 0.3 is 0 Å². The Hall–Kier alpha value is -1.80. The second kappa shape index (κ2) is 7.11. The maximum atomic E-state index is 3.49. The Balaban J connectivity index is 1.86. The summed E-state index contributed by atoms with van der Waals surface area (Å²) >= 11 is 0. The van der Waals surface area contributed by atoms with Crippen molar-refractivity contribution in [2.24, 2.45) is 0 Å². The van der Waals surface area contributed by atoms with E-state index in [0.29, 0.717) is 5.92 Å². The molecule has 0 atom stereocenters. The van der Waals surface area contributed by atoms with Crippen molar-refractivity contribution in [1.29, 1.82) is 0 Å². The van der Waals surface area contributed by atoms with Crippen LogP contribution < -0.4 is 10.6 Å². The molecule has 0 aliphatic heterocycles. The standard InChI is InChI=1S/C18H24N2/c1-14(2)17-9-7-15(8-10-17)12-20-13-16-5-4-6-18(11-16)19-3/h4-11,14,19-20H,12-13H2,1-3H3. The van der Waals surface area contributed by atoms with Crippen LogP contribution in [-0.4, -0.2) is 7.05 Å². The number of anilines is 1. The Labute approximate surface area is 122 Å². The molecule has 2 heteroatoms. The van der Waals surface area contributed by atoms with Crippen molar-refractivity contribution < 1.29 is 0 Å². The van der Waals surface area contributed by atoms with Crippen LogP contribution in [0, 0.1) is 0 Å². The third-order valence-corrected chi connectivity index (χ3v) is 3.52. The Bertz CT molecular complexity index is 529. The maximum Gasteiger partial charge on any atom is 0.0340 e. The van der Waals surface area contributed by atoms with Gasteiger partial charge in [0, 0.05) is 25.8 Å². The predicted molar refractivity (Wildman–Crippen MR) is 87.1 cm³/mol. The SMILES string of the molecule is CNc1cccc(CNCc2ccc(C(C)C)cc2)c1.